The Bertz CT molecular complexity index is 530. The fourth-order valence-electron chi connectivity index (χ4n) is 2.70. The lowest BCUT2D eigenvalue weighted by molar-refractivity contribution is 0.444. The molecule has 1 aromatic carbocycles. The normalized spacial score (nSPS) is 25.6. The van der Waals surface area contributed by atoms with E-state index in [0.717, 1.165) is 32.1 Å². The van der Waals surface area contributed by atoms with E-state index >= 15 is 0 Å². The van der Waals surface area contributed by atoms with Gasteiger partial charge in [-0.05, 0) is 25.0 Å². The van der Waals surface area contributed by atoms with E-state index in [1.165, 1.54) is 0 Å². The van der Waals surface area contributed by atoms with Gasteiger partial charge in [0.05, 0.1) is 15.2 Å². The lowest BCUT2D eigenvalue weighted by Crippen LogP contribution is -2.41. The largest absolute Gasteiger partial charge is 0.327 e. The van der Waals surface area contributed by atoms with Gasteiger partial charge in [0, 0.05) is 6.04 Å². The number of benzene rings is 1. The van der Waals surface area contributed by atoms with E-state index in [4.69, 9.17) is 17.3 Å². The highest BCUT2D eigenvalue weighted by Crippen LogP contribution is 2.30. The van der Waals surface area contributed by atoms with Gasteiger partial charge in [-0.1, -0.05) is 49.4 Å². The average Bonchev–Trinajstić information content (AvgIpc) is 2.34. The summed E-state index contributed by atoms with van der Waals surface area (Å²) in [6.07, 6.45) is 5.56. The number of sulfone groups is 1. The van der Waals surface area contributed by atoms with Crippen molar-refractivity contribution in [1.29, 1.82) is 0 Å². The molecule has 0 aliphatic heterocycles. The molecule has 5 heteroatoms. The summed E-state index contributed by atoms with van der Waals surface area (Å²) in [4.78, 5) is 0.220. The highest BCUT2D eigenvalue weighted by Gasteiger charge is 2.34. The van der Waals surface area contributed by atoms with Crippen LogP contribution in [-0.4, -0.2) is 19.7 Å². The van der Waals surface area contributed by atoms with Gasteiger partial charge >= 0.3 is 0 Å². The average molecular weight is 302 g/mol. The highest BCUT2D eigenvalue weighted by atomic mass is 35.5. The van der Waals surface area contributed by atoms with Gasteiger partial charge in [0.15, 0.2) is 9.84 Å². The van der Waals surface area contributed by atoms with Crippen molar-refractivity contribution in [2.75, 3.05) is 0 Å². The molecule has 3 nitrogen and oxygen atoms in total. The Labute approximate surface area is 120 Å². The van der Waals surface area contributed by atoms with Crippen LogP contribution in [0.4, 0.5) is 0 Å². The first-order valence-corrected chi connectivity index (χ1v) is 8.70. The van der Waals surface area contributed by atoms with Gasteiger partial charge in [0.2, 0.25) is 0 Å². The molecule has 2 atom stereocenters. The third-order valence-corrected chi connectivity index (χ3v) is 6.59. The highest BCUT2D eigenvalue weighted by molar-refractivity contribution is 7.92. The molecule has 1 fully saturated rings. The summed E-state index contributed by atoms with van der Waals surface area (Å²) in [5.74, 6) is 0. The Hall–Kier alpha value is -0.580. The summed E-state index contributed by atoms with van der Waals surface area (Å²) in [5.41, 5.74) is 6.10. The van der Waals surface area contributed by atoms with Crippen LogP contribution in [0, 0.1) is 0 Å². The van der Waals surface area contributed by atoms with Crippen LogP contribution in [-0.2, 0) is 9.84 Å². The molecule has 0 aromatic heterocycles. The topological polar surface area (TPSA) is 60.2 Å². The molecule has 106 valence electrons. The fourth-order valence-corrected chi connectivity index (χ4v) is 5.17. The first-order chi connectivity index (χ1) is 9.03. The Balaban J connectivity index is 2.34. The van der Waals surface area contributed by atoms with Crippen LogP contribution >= 0.6 is 11.6 Å². The van der Waals surface area contributed by atoms with E-state index in [9.17, 15) is 8.42 Å². The number of halogens is 1. The second-order valence-corrected chi connectivity index (χ2v) is 7.71. The van der Waals surface area contributed by atoms with Gasteiger partial charge in [0.25, 0.3) is 0 Å². The standard InChI is InChI=1S/C14H20ClNO2S/c15-11-7-5-6-9-13(11)19(17,18)14-10-4-2-1-3-8-12(14)16/h5-7,9,12,14H,1-4,8,10,16H2. The van der Waals surface area contributed by atoms with E-state index in [1.54, 1.807) is 24.3 Å². The van der Waals surface area contributed by atoms with Crippen LogP contribution in [0.3, 0.4) is 0 Å². The van der Waals surface area contributed by atoms with Crippen molar-refractivity contribution < 1.29 is 8.42 Å². The molecule has 0 radical (unpaired) electrons. The van der Waals surface area contributed by atoms with Crippen molar-refractivity contribution in [2.24, 2.45) is 5.73 Å². The molecule has 2 unspecified atom stereocenters. The monoisotopic (exact) mass is 301 g/mol. The number of nitrogens with two attached hydrogens (primary N) is 1. The van der Waals surface area contributed by atoms with E-state index < -0.39 is 15.1 Å². The predicted molar refractivity (Wildman–Crippen MR) is 78.1 cm³/mol. The summed E-state index contributed by atoms with van der Waals surface area (Å²) in [6.45, 7) is 0. The van der Waals surface area contributed by atoms with Gasteiger partial charge in [-0.2, -0.15) is 0 Å². The molecule has 2 rings (SSSR count). The molecule has 1 aliphatic carbocycles. The molecule has 1 aliphatic rings. The van der Waals surface area contributed by atoms with E-state index in [1.807, 2.05) is 0 Å². The maximum atomic E-state index is 12.7. The summed E-state index contributed by atoms with van der Waals surface area (Å²) in [6, 6.07) is 6.33. The molecule has 0 saturated heterocycles. The van der Waals surface area contributed by atoms with Crippen molar-refractivity contribution in [2.45, 2.75) is 54.7 Å². The van der Waals surface area contributed by atoms with Gasteiger partial charge in [-0.15, -0.1) is 0 Å². The molecule has 0 heterocycles. The fraction of sp³-hybridized carbons (Fsp3) is 0.571. The van der Waals surface area contributed by atoms with E-state index in [2.05, 4.69) is 0 Å². The van der Waals surface area contributed by atoms with Gasteiger partial charge in [0.1, 0.15) is 0 Å². The van der Waals surface area contributed by atoms with Crippen molar-refractivity contribution in [3.63, 3.8) is 0 Å². The quantitative estimate of drug-likeness (QED) is 0.912. The molecule has 0 spiro atoms. The molecule has 2 N–H and O–H groups in total. The zero-order valence-corrected chi connectivity index (χ0v) is 12.5. The van der Waals surface area contributed by atoms with E-state index in [-0.39, 0.29) is 16.0 Å². The molecule has 1 aromatic rings. The van der Waals surface area contributed by atoms with Crippen LogP contribution < -0.4 is 5.73 Å². The molecular weight excluding hydrogens is 282 g/mol. The second kappa shape index (κ2) is 6.25. The third kappa shape index (κ3) is 3.30. The molecular formula is C14H20ClNO2S. The Morgan fingerprint density at radius 3 is 2.37 bits per heavy atom. The third-order valence-electron chi connectivity index (χ3n) is 3.80. The Morgan fingerprint density at radius 2 is 1.68 bits per heavy atom. The summed E-state index contributed by atoms with van der Waals surface area (Å²) in [7, 11) is -3.44. The smallest absolute Gasteiger partial charge is 0.184 e. The summed E-state index contributed by atoms with van der Waals surface area (Å²) in [5, 5.41) is -0.218. The Morgan fingerprint density at radius 1 is 1.05 bits per heavy atom. The van der Waals surface area contributed by atoms with Gasteiger partial charge in [-0.25, -0.2) is 8.42 Å². The molecule has 19 heavy (non-hydrogen) atoms. The van der Waals surface area contributed by atoms with Crippen molar-refractivity contribution in [3.8, 4) is 0 Å². The van der Waals surface area contributed by atoms with Gasteiger partial charge < -0.3 is 5.73 Å². The summed E-state index contributed by atoms with van der Waals surface area (Å²) >= 11 is 6.03. The second-order valence-electron chi connectivity index (χ2n) is 5.17. The molecule has 1 saturated carbocycles. The van der Waals surface area contributed by atoms with Crippen LogP contribution in [0.25, 0.3) is 0 Å². The van der Waals surface area contributed by atoms with Crippen molar-refractivity contribution in [1.82, 2.24) is 0 Å². The maximum Gasteiger partial charge on any atom is 0.184 e. The molecule has 0 bridgehead atoms. The first-order valence-electron chi connectivity index (χ1n) is 6.77. The van der Waals surface area contributed by atoms with Crippen LogP contribution in [0.2, 0.25) is 5.02 Å². The predicted octanol–water partition coefficient (Wildman–Crippen LogP) is 3.16. The number of hydrogen-bond donors (Lipinski definition) is 1. The van der Waals surface area contributed by atoms with Crippen LogP contribution in [0.1, 0.15) is 38.5 Å². The first kappa shape index (κ1) is 14.8. The minimum Gasteiger partial charge on any atom is -0.327 e. The maximum absolute atomic E-state index is 12.7. The minimum absolute atomic E-state index is 0.220. The zero-order valence-electron chi connectivity index (χ0n) is 10.9. The summed E-state index contributed by atoms with van der Waals surface area (Å²) < 4.78 is 25.4. The van der Waals surface area contributed by atoms with Crippen LogP contribution in [0.5, 0.6) is 0 Å². The van der Waals surface area contributed by atoms with Crippen molar-refractivity contribution in [3.05, 3.63) is 29.3 Å². The lowest BCUT2D eigenvalue weighted by atomic mass is 9.97. The number of rotatable bonds is 2. The van der Waals surface area contributed by atoms with Crippen LogP contribution in [0.15, 0.2) is 29.2 Å². The minimum atomic E-state index is -3.44. The SMILES string of the molecule is NC1CCCCCCC1S(=O)(=O)c1ccccc1Cl. The molecule has 0 amide bonds. The number of hydrogen-bond acceptors (Lipinski definition) is 3. The van der Waals surface area contributed by atoms with Gasteiger partial charge in [-0.3, -0.25) is 0 Å². The Kier molecular flexibility index (Phi) is 4.87. The lowest BCUT2D eigenvalue weighted by Gasteiger charge is -2.26. The zero-order chi connectivity index (χ0) is 13.9. The van der Waals surface area contributed by atoms with Crippen molar-refractivity contribution >= 4 is 21.4 Å². The van der Waals surface area contributed by atoms with E-state index in [0.29, 0.717) is 6.42 Å².